The molecule has 0 radical (unpaired) electrons. The molecule has 1 saturated heterocycles. The molecule has 1 fully saturated rings. The second kappa shape index (κ2) is 3.28. The van der Waals surface area contributed by atoms with Crippen molar-refractivity contribution in [3.8, 4) is 0 Å². The van der Waals surface area contributed by atoms with Gasteiger partial charge < -0.3 is 0 Å². The minimum atomic E-state index is -0.246. The highest BCUT2D eigenvalue weighted by Crippen LogP contribution is 2.42. The first-order chi connectivity index (χ1) is 6.59. The third-order valence-electron chi connectivity index (χ3n) is 2.16. The van der Waals surface area contributed by atoms with Crippen molar-refractivity contribution in [1.82, 2.24) is 0 Å². The predicted octanol–water partition coefficient (Wildman–Crippen LogP) is 3.35. The molecule has 0 spiro atoms. The lowest BCUT2D eigenvalue weighted by Gasteiger charge is -2.11. The van der Waals surface area contributed by atoms with Gasteiger partial charge in [0.2, 0.25) is 0 Å². The van der Waals surface area contributed by atoms with Gasteiger partial charge in [-0.2, -0.15) is 0 Å². The van der Waals surface area contributed by atoms with Crippen LogP contribution in [-0.2, 0) is 0 Å². The van der Waals surface area contributed by atoms with Crippen LogP contribution in [0.15, 0.2) is 18.2 Å². The minimum absolute atomic E-state index is 0.246. The van der Waals surface area contributed by atoms with Crippen molar-refractivity contribution in [2.24, 2.45) is 0 Å². The van der Waals surface area contributed by atoms with Crippen LogP contribution >= 0.6 is 11.9 Å². The third kappa shape index (κ3) is 1.62. The standard InChI is InChI=1S/C10H11FN2S/c1-6(2)8-4-3-7(11)5-9(8)13-10(12)14-13/h3-6,12H,1-2H3. The number of anilines is 1. The third-order valence-corrected chi connectivity index (χ3v) is 2.91. The molecule has 4 heteroatoms. The van der Waals surface area contributed by atoms with Crippen LogP contribution in [-0.4, -0.2) is 5.17 Å². The zero-order valence-corrected chi connectivity index (χ0v) is 8.86. The number of nitrogens with one attached hydrogen (secondary N) is 1. The van der Waals surface area contributed by atoms with Crippen LogP contribution in [0, 0.1) is 11.2 Å². The molecular formula is C10H11FN2S. The summed E-state index contributed by atoms with van der Waals surface area (Å²) in [7, 11) is 0. The monoisotopic (exact) mass is 210 g/mol. The Bertz CT molecular complexity index is 390. The van der Waals surface area contributed by atoms with Crippen LogP contribution in [0.2, 0.25) is 0 Å². The number of hydrogen-bond donors (Lipinski definition) is 1. The topological polar surface area (TPSA) is 26.9 Å². The zero-order valence-electron chi connectivity index (χ0n) is 8.04. The van der Waals surface area contributed by atoms with Gasteiger partial charge in [-0.3, -0.25) is 9.71 Å². The summed E-state index contributed by atoms with van der Waals surface area (Å²) in [5, 5.41) is 7.86. The van der Waals surface area contributed by atoms with Gasteiger partial charge in [-0.25, -0.2) is 4.39 Å². The summed E-state index contributed by atoms with van der Waals surface area (Å²) in [5.41, 5.74) is 1.90. The Hall–Kier alpha value is -1.03. The summed E-state index contributed by atoms with van der Waals surface area (Å²) in [6, 6.07) is 4.75. The quantitative estimate of drug-likeness (QED) is 0.598. The lowest BCUT2D eigenvalue weighted by atomic mass is 10.0. The van der Waals surface area contributed by atoms with Crippen molar-refractivity contribution in [3.05, 3.63) is 29.6 Å². The van der Waals surface area contributed by atoms with Gasteiger partial charge in [-0.05, 0) is 23.6 Å². The minimum Gasteiger partial charge on any atom is -0.276 e. The summed E-state index contributed by atoms with van der Waals surface area (Å²) >= 11 is 1.33. The van der Waals surface area contributed by atoms with E-state index in [1.165, 1.54) is 24.1 Å². The van der Waals surface area contributed by atoms with Gasteiger partial charge in [0.05, 0.1) is 5.69 Å². The Morgan fingerprint density at radius 2 is 2.07 bits per heavy atom. The first-order valence-corrected chi connectivity index (χ1v) is 5.23. The van der Waals surface area contributed by atoms with Gasteiger partial charge in [-0.1, -0.05) is 19.9 Å². The van der Waals surface area contributed by atoms with E-state index in [9.17, 15) is 4.39 Å². The van der Waals surface area contributed by atoms with Crippen molar-refractivity contribution in [3.63, 3.8) is 0 Å². The Kier molecular flexibility index (Phi) is 2.23. The van der Waals surface area contributed by atoms with Gasteiger partial charge in [0, 0.05) is 11.9 Å². The van der Waals surface area contributed by atoms with E-state index >= 15 is 0 Å². The highest BCUT2D eigenvalue weighted by atomic mass is 32.2. The summed E-state index contributed by atoms with van der Waals surface area (Å²) in [4.78, 5) is 0. The predicted molar refractivity (Wildman–Crippen MR) is 58.3 cm³/mol. The Labute approximate surface area is 86.8 Å². The molecule has 1 heterocycles. The first-order valence-electron chi connectivity index (χ1n) is 4.45. The molecule has 0 unspecified atom stereocenters. The van der Waals surface area contributed by atoms with Crippen LogP contribution in [0.3, 0.4) is 0 Å². The molecule has 1 aliphatic heterocycles. The molecule has 14 heavy (non-hydrogen) atoms. The number of benzene rings is 1. The molecule has 0 aromatic heterocycles. The number of halogens is 1. The summed E-state index contributed by atoms with van der Waals surface area (Å²) in [6.45, 7) is 4.13. The molecule has 0 aliphatic carbocycles. The summed E-state index contributed by atoms with van der Waals surface area (Å²) in [6.07, 6.45) is 0. The molecule has 2 rings (SSSR count). The van der Waals surface area contributed by atoms with Crippen molar-refractivity contribution < 1.29 is 4.39 Å². The second-order valence-electron chi connectivity index (χ2n) is 3.55. The van der Waals surface area contributed by atoms with Crippen molar-refractivity contribution in [1.29, 1.82) is 5.41 Å². The average Bonchev–Trinajstić information content (AvgIpc) is 2.82. The smallest absolute Gasteiger partial charge is 0.193 e. The van der Waals surface area contributed by atoms with E-state index in [4.69, 9.17) is 5.41 Å². The van der Waals surface area contributed by atoms with Crippen molar-refractivity contribution in [2.45, 2.75) is 19.8 Å². The van der Waals surface area contributed by atoms with E-state index in [-0.39, 0.29) is 5.82 Å². The molecular weight excluding hydrogens is 199 g/mol. The van der Waals surface area contributed by atoms with Crippen LogP contribution in [0.25, 0.3) is 0 Å². The molecule has 1 aromatic carbocycles. The van der Waals surface area contributed by atoms with E-state index in [1.807, 2.05) is 0 Å². The number of amidine groups is 1. The molecule has 74 valence electrons. The lowest BCUT2D eigenvalue weighted by Crippen LogP contribution is -1.99. The molecule has 0 bridgehead atoms. The second-order valence-corrected chi connectivity index (χ2v) is 4.48. The van der Waals surface area contributed by atoms with Gasteiger partial charge >= 0.3 is 0 Å². The molecule has 0 atom stereocenters. The molecule has 1 aliphatic rings. The summed E-state index contributed by atoms with van der Waals surface area (Å²) in [5.74, 6) is 0.101. The van der Waals surface area contributed by atoms with E-state index in [0.717, 1.165) is 11.3 Å². The van der Waals surface area contributed by atoms with Gasteiger partial charge in [0.1, 0.15) is 5.82 Å². The molecule has 0 amide bonds. The fraction of sp³-hybridized carbons (Fsp3) is 0.300. The first kappa shape index (κ1) is 9.52. The van der Waals surface area contributed by atoms with Crippen LogP contribution in [0.5, 0.6) is 0 Å². The van der Waals surface area contributed by atoms with E-state index in [0.29, 0.717) is 11.1 Å². The highest BCUT2D eigenvalue weighted by molar-refractivity contribution is 8.26. The average molecular weight is 210 g/mol. The van der Waals surface area contributed by atoms with Crippen molar-refractivity contribution >= 4 is 22.8 Å². The van der Waals surface area contributed by atoms with Crippen LogP contribution < -0.4 is 4.31 Å². The highest BCUT2D eigenvalue weighted by Gasteiger charge is 2.32. The van der Waals surface area contributed by atoms with E-state index in [1.54, 1.807) is 10.4 Å². The maximum atomic E-state index is 13.0. The fourth-order valence-corrected chi connectivity index (χ4v) is 1.89. The SMILES string of the molecule is CC(C)c1ccc(F)cc1N1SC1=N. The molecule has 0 saturated carbocycles. The number of nitrogens with zero attached hydrogens (tertiary/aromatic N) is 1. The largest absolute Gasteiger partial charge is 0.276 e. The van der Waals surface area contributed by atoms with Gasteiger partial charge in [0.15, 0.2) is 5.17 Å². The van der Waals surface area contributed by atoms with E-state index < -0.39 is 0 Å². The molecule has 1 aromatic rings. The van der Waals surface area contributed by atoms with Crippen LogP contribution in [0.4, 0.5) is 10.1 Å². The normalized spacial score (nSPS) is 15.1. The van der Waals surface area contributed by atoms with Gasteiger partial charge in [-0.15, -0.1) is 0 Å². The van der Waals surface area contributed by atoms with Crippen molar-refractivity contribution in [2.75, 3.05) is 4.31 Å². The Morgan fingerprint density at radius 3 is 2.57 bits per heavy atom. The maximum absolute atomic E-state index is 13.0. The van der Waals surface area contributed by atoms with Crippen LogP contribution in [0.1, 0.15) is 25.3 Å². The molecule has 2 nitrogen and oxygen atoms in total. The summed E-state index contributed by atoms with van der Waals surface area (Å²) < 4.78 is 14.8. The molecule has 1 N–H and O–H groups in total. The van der Waals surface area contributed by atoms with E-state index in [2.05, 4.69) is 13.8 Å². The van der Waals surface area contributed by atoms with Gasteiger partial charge in [0.25, 0.3) is 0 Å². The zero-order chi connectivity index (χ0) is 10.3. The maximum Gasteiger partial charge on any atom is 0.193 e. The number of rotatable bonds is 2. The Morgan fingerprint density at radius 1 is 1.43 bits per heavy atom. The Balaban J connectivity index is 2.44. The number of hydrogen-bond acceptors (Lipinski definition) is 2. The fourth-order valence-electron chi connectivity index (χ4n) is 1.41. The lowest BCUT2D eigenvalue weighted by molar-refractivity contribution is 0.627.